The summed E-state index contributed by atoms with van der Waals surface area (Å²) in [6.07, 6.45) is 0. The second-order valence-electron chi connectivity index (χ2n) is 4.33. The van der Waals surface area contributed by atoms with Crippen LogP contribution in [0.4, 0.5) is 4.39 Å². The molecule has 0 bridgehead atoms. The summed E-state index contributed by atoms with van der Waals surface area (Å²) in [6, 6.07) is 4.31. The van der Waals surface area contributed by atoms with Crippen LogP contribution < -0.4 is 5.32 Å². The van der Waals surface area contributed by atoms with E-state index in [1.165, 1.54) is 19.2 Å². The summed E-state index contributed by atoms with van der Waals surface area (Å²) in [5, 5.41) is 3.92. The number of fused-ring (bicyclic) bond motifs is 1. The van der Waals surface area contributed by atoms with Crippen molar-refractivity contribution in [1.82, 2.24) is 5.32 Å². The maximum atomic E-state index is 13.2. The second kappa shape index (κ2) is 4.10. The van der Waals surface area contributed by atoms with Gasteiger partial charge in [-0.05, 0) is 12.1 Å². The second-order valence-corrected chi connectivity index (χ2v) is 4.33. The van der Waals surface area contributed by atoms with E-state index in [0.29, 0.717) is 5.58 Å². The predicted molar refractivity (Wildman–Crippen MR) is 63.1 cm³/mol. The smallest absolute Gasteiger partial charge is 0.374 e. The maximum Gasteiger partial charge on any atom is 0.374 e. The van der Waals surface area contributed by atoms with E-state index >= 15 is 0 Å². The standard InChI is InChI=1S/C13H12FNO3/c1-17-13(16)12-11(7-5-15-6-7)9-3-2-8(14)4-10(9)18-12/h2-4,7,15H,5-6H2,1H3. The van der Waals surface area contributed by atoms with Gasteiger partial charge in [-0.2, -0.15) is 0 Å². The molecular formula is C13H12FNO3. The highest BCUT2D eigenvalue weighted by molar-refractivity contribution is 5.96. The minimum Gasteiger partial charge on any atom is -0.463 e. The van der Waals surface area contributed by atoms with Crippen molar-refractivity contribution in [3.63, 3.8) is 0 Å². The Kier molecular flexibility index (Phi) is 2.56. The van der Waals surface area contributed by atoms with Crippen molar-refractivity contribution in [3.8, 4) is 0 Å². The molecule has 1 aliphatic rings. The molecule has 0 amide bonds. The van der Waals surface area contributed by atoms with E-state index in [4.69, 9.17) is 9.15 Å². The van der Waals surface area contributed by atoms with Crippen LogP contribution in [0.5, 0.6) is 0 Å². The molecule has 0 saturated carbocycles. The first-order valence-corrected chi connectivity index (χ1v) is 5.71. The highest BCUT2D eigenvalue weighted by Gasteiger charge is 2.30. The van der Waals surface area contributed by atoms with E-state index in [2.05, 4.69) is 5.32 Å². The summed E-state index contributed by atoms with van der Waals surface area (Å²) in [6.45, 7) is 1.58. The molecule has 18 heavy (non-hydrogen) atoms. The number of methoxy groups -OCH3 is 1. The maximum absolute atomic E-state index is 13.2. The van der Waals surface area contributed by atoms with Gasteiger partial charge >= 0.3 is 5.97 Å². The molecule has 0 unspecified atom stereocenters. The molecule has 4 nitrogen and oxygen atoms in total. The van der Waals surface area contributed by atoms with E-state index in [9.17, 15) is 9.18 Å². The summed E-state index contributed by atoms with van der Waals surface area (Å²) >= 11 is 0. The van der Waals surface area contributed by atoms with Crippen LogP contribution in [0.15, 0.2) is 22.6 Å². The number of nitrogens with one attached hydrogen (secondary N) is 1. The van der Waals surface area contributed by atoms with E-state index in [0.717, 1.165) is 24.0 Å². The molecular weight excluding hydrogens is 237 g/mol. The lowest BCUT2D eigenvalue weighted by Gasteiger charge is -2.27. The molecule has 0 atom stereocenters. The topological polar surface area (TPSA) is 51.5 Å². The first kappa shape index (κ1) is 11.2. The lowest BCUT2D eigenvalue weighted by atomic mass is 9.91. The molecule has 1 aliphatic heterocycles. The predicted octanol–water partition coefficient (Wildman–Crippen LogP) is 2.05. The molecule has 1 aromatic carbocycles. The Labute approximate surface area is 103 Å². The monoisotopic (exact) mass is 249 g/mol. The Hall–Kier alpha value is -1.88. The number of furan rings is 1. The van der Waals surface area contributed by atoms with Gasteiger partial charge < -0.3 is 14.5 Å². The first-order valence-electron chi connectivity index (χ1n) is 5.71. The molecule has 3 rings (SSSR count). The Bertz CT molecular complexity index is 616. The molecule has 2 aromatic rings. The molecule has 1 aromatic heterocycles. The van der Waals surface area contributed by atoms with Gasteiger partial charge in [-0.15, -0.1) is 0 Å². The van der Waals surface area contributed by atoms with Crippen LogP contribution in [0.1, 0.15) is 22.0 Å². The zero-order valence-electron chi connectivity index (χ0n) is 9.83. The van der Waals surface area contributed by atoms with Crippen LogP contribution in [0.25, 0.3) is 11.0 Å². The zero-order chi connectivity index (χ0) is 12.7. The number of halogens is 1. The van der Waals surface area contributed by atoms with Crippen LogP contribution in [-0.4, -0.2) is 26.2 Å². The summed E-state index contributed by atoms with van der Waals surface area (Å²) in [5.41, 5.74) is 1.20. The number of ether oxygens (including phenoxy) is 1. The minimum absolute atomic E-state index is 0.185. The van der Waals surface area contributed by atoms with E-state index in [-0.39, 0.29) is 17.5 Å². The molecule has 0 radical (unpaired) electrons. The zero-order valence-corrected chi connectivity index (χ0v) is 9.83. The lowest BCUT2D eigenvalue weighted by Crippen LogP contribution is -2.40. The third-order valence-electron chi connectivity index (χ3n) is 3.25. The number of hydrogen-bond acceptors (Lipinski definition) is 4. The number of carbonyl (C=O) groups is 1. The molecule has 5 heteroatoms. The number of rotatable bonds is 2. The average Bonchev–Trinajstić information content (AvgIpc) is 2.65. The van der Waals surface area contributed by atoms with Gasteiger partial charge in [0.05, 0.1) is 7.11 Å². The fraction of sp³-hybridized carbons (Fsp3) is 0.308. The van der Waals surface area contributed by atoms with Crippen molar-refractivity contribution in [2.45, 2.75) is 5.92 Å². The first-order chi connectivity index (χ1) is 8.70. The van der Waals surface area contributed by atoms with Gasteiger partial charge in [-0.3, -0.25) is 0 Å². The minimum atomic E-state index is -0.520. The van der Waals surface area contributed by atoms with Crippen LogP contribution in [0.3, 0.4) is 0 Å². The molecule has 94 valence electrons. The number of benzene rings is 1. The summed E-state index contributed by atoms with van der Waals surface area (Å²) < 4.78 is 23.3. The van der Waals surface area contributed by atoms with Gasteiger partial charge in [-0.25, -0.2) is 9.18 Å². The van der Waals surface area contributed by atoms with Crippen molar-refractivity contribution in [1.29, 1.82) is 0 Å². The van der Waals surface area contributed by atoms with Crippen LogP contribution >= 0.6 is 0 Å². The fourth-order valence-electron chi connectivity index (χ4n) is 2.23. The van der Waals surface area contributed by atoms with Crippen molar-refractivity contribution < 1.29 is 18.3 Å². The number of esters is 1. The molecule has 0 spiro atoms. The largest absolute Gasteiger partial charge is 0.463 e. The Morgan fingerprint density at radius 2 is 2.28 bits per heavy atom. The number of carbonyl (C=O) groups excluding carboxylic acids is 1. The molecule has 1 fully saturated rings. The fourth-order valence-corrected chi connectivity index (χ4v) is 2.23. The van der Waals surface area contributed by atoms with E-state index in [1.54, 1.807) is 6.07 Å². The Morgan fingerprint density at radius 3 is 2.89 bits per heavy atom. The quantitative estimate of drug-likeness (QED) is 0.827. The highest BCUT2D eigenvalue weighted by atomic mass is 19.1. The van der Waals surface area contributed by atoms with Crippen LogP contribution in [0.2, 0.25) is 0 Å². The van der Waals surface area contributed by atoms with Gasteiger partial charge in [0.15, 0.2) is 0 Å². The summed E-state index contributed by atoms with van der Waals surface area (Å²) in [5.74, 6) is -0.505. The highest BCUT2D eigenvalue weighted by Crippen LogP contribution is 2.34. The molecule has 1 saturated heterocycles. The molecule has 2 heterocycles. The van der Waals surface area contributed by atoms with E-state index in [1.807, 2.05) is 0 Å². The molecule has 1 N–H and O–H groups in total. The van der Waals surface area contributed by atoms with Crippen molar-refractivity contribution in [2.24, 2.45) is 0 Å². The van der Waals surface area contributed by atoms with Gasteiger partial charge in [-0.1, -0.05) is 0 Å². The van der Waals surface area contributed by atoms with Crippen LogP contribution in [0, 0.1) is 5.82 Å². The van der Waals surface area contributed by atoms with Crippen molar-refractivity contribution in [2.75, 3.05) is 20.2 Å². The summed E-state index contributed by atoms with van der Waals surface area (Å²) in [7, 11) is 1.30. The summed E-state index contributed by atoms with van der Waals surface area (Å²) in [4.78, 5) is 11.7. The van der Waals surface area contributed by atoms with E-state index < -0.39 is 5.97 Å². The Balaban J connectivity index is 2.22. The lowest BCUT2D eigenvalue weighted by molar-refractivity contribution is 0.0564. The Morgan fingerprint density at radius 1 is 1.50 bits per heavy atom. The van der Waals surface area contributed by atoms with Gasteiger partial charge in [0.2, 0.25) is 5.76 Å². The number of hydrogen-bond donors (Lipinski definition) is 1. The average molecular weight is 249 g/mol. The van der Waals surface area contributed by atoms with Crippen molar-refractivity contribution in [3.05, 3.63) is 35.3 Å². The van der Waals surface area contributed by atoms with Gasteiger partial charge in [0.25, 0.3) is 0 Å². The van der Waals surface area contributed by atoms with Gasteiger partial charge in [0, 0.05) is 36.0 Å². The van der Waals surface area contributed by atoms with Gasteiger partial charge in [0.1, 0.15) is 11.4 Å². The van der Waals surface area contributed by atoms with Crippen LogP contribution in [-0.2, 0) is 4.74 Å². The third kappa shape index (κ3) is 1.59. The van der Waals surface area contributed by atoms with Crippen molar-refractivity contribution >= 4 is 16.9 Å². The molecule has 0 aliphatic carbocycles. The third-order valence-corrected chi connectivity index (χ3v) is 3.25. The normalized spacial score (nSPS) is 15.7. The SMILES string of the molecule is COC(=O)c1oc2cc(F)ccc2c1C1CNC1.